The minimum Gasteiger partial charge on any atom is -0.306 e. The molecule has 0 aliphatic carbocycles. The lowest BCUT2D eigenvalue weighted by atomic mass is 9.97. The molecule has 0 fully saturated rings. The van der Waals surface area contributed by atoms with Crippen LogP contribution in [0.3, 0.4) is 0 Å². The number of hydrogen-bond acceptors (Lipinski definition) is 2. The Labute approximate surface area is 130 Å². The van der Waals surface area contributed by atoms with Gasteiger partial charge in [0.05, 0.1) is 6.04 Å². The maximum absolute atomic E-state index is 13.6. The van der Waals surface area contributed by atoms with Crippen molar-refractivity contribution < 1.29 is 4.39 Å². The molecule has 0 saturated carbocycles. The molecule has 1 aromatic carbocycles. The fourth-order valence-corrected chi connectivity index (χ4v) is 2.64. The van der Waals surface area contributed by atoms with Crippen LogP contribution >= 0.6 is 11.6 Å². The Hall–Kier alpha value is -1.45. The second-order valence-electron chi connectivity index (χ2n) is 5.18. The minimum absolute atomic E-state index is 0.152. The number of nitrogens with one attached hydrogen (secondary N) is 1. The van der Waals surface area contributed by atoms with E-state index in [0.717, 1.165) is 35.5 Å². The number of benzene rings is 1. The molecule has 0 spiro atoms. The first kappa shape index (κ1) is 15.9. The highest BCUT2D eigenvalue weighted by molar-refractivity contribution is 6.31. The van der Waals surface area contributed by atoms with Crippen molar-refractivity contribution >= 4 is 11.6 Å². The molecule has 0 aliphatic heterocycles. The Bertz CT molecular complexity index is 628. The van der Waals surface area contributed by atoms with Gasteiger partial charge in [-0.25, -0.2) is 4.39 Å². The molecule has 2 aromatic rings. The van der Waals surface area contributed by atoms with Crippen molar-refractivity contribution in [2.24, 2.45) is 0 Å². The topological polar surface area (TPSA) is 24.9 Å². The summed E-state index contributed by atoms with van der Waals surface area (Å²) in [6, 6.07) is 8.32. The third-order valence-electron chi connectivity index (χ3n) is 3.44. The molecule has 1 unspecified atom stereocenters. The van der Waals surface area contributed by atoms with Crippen molar-refractivity contribution in [3.63, 3.8) is 0 Å². The van der Waals surface area contributed by atoms with Gasteiger partial charge in [0.2, 0.25) is 0 Å². The molecule has 4 heteroatoms. The van der Waals surface area contributed by atoms with E-state index in [1.54, 1.807) is 6.07 Å². The lowest BCUT2D eigenvalue weighted by Crippen LogP contribution is -2.24. The van der Waals surface area contributed by atoms with E-state index >= 15 is 0 Å². The highest BCUT2D eigenvalue weighted by atomic mass is 35.5. The molecule has 0 amide bonds. The zero-order chi connectivity index (χ0) is 15.4. The summed E-state index contributed by atoms with van der Waals surface area (Å²) < 4.78 is 13.6. The van der Waals surface area contributed by atoms with Gasteiger partial charge in [0.15, 0.2) is 0 Å². The molecular formula is C17H20ClFN2. The van der Waals surface area contributed by atoms with Crippen molar-refractivity contribution in [1.29, 1.82) is 0 Å². The number of aromatic nitrogens is 1. The Balaban J connectivity index is 2.49. The van der Waals surface area contributed by atoms with Crippen LogP contribution in [0.5, 0.6) is 0 Å². The summed E-state index contributed by atoms with van der Waals surface area (Å²) in [4.78, 5) is 4.50. The number of halogens is 2. The first-order valence-corrected chi connectivity index (χ1v) is 7.53. The van der Waals surface area contributed by atoms with Gasteiger partial charge in [-0.3, -0.25) is 4.98 Å². The van der Waals surface area contributed by atoms with E-state index in [9.17, 15) is 4.39 Å². The molecule has 0 bridgehead atoms. The van der Waals surface area contributed by atoms with Crippen molar-refractivity contribution in [3.05, 3.63) is 63.7 Å². The van der Waals surface area contributed by atoms with E-state index in [2.05, 4.69) is 17.2 Å². The van der Waals surface area contributed by atoms with Gasteiger partial charge in [0.25, 0.3) is 0 Å². The van der Waals surface area contributed by atoms with E-state index in [1.165, 1.54) is 12.1 Å². The van der Waals surface area contributed by atoms with Crippen molar-refractivity contribution in [2.45, 2.75) is 33.2 Å². The van der Waals surface area contributed by atoms with Gasteiger partial charge in [-0.15, -0.1) is 0 Å². The zero-order valence-corrected chi connectivity index (χ0v) is 13.3. The number of pyridine rings is 1. The van der Waals surface area contributed by atoms with Crippen LogP contribution in [0.2, 0.25) is 5.02 Å². The van der Waals surface area contributed by atoms with Crippen LogP contribution in [0.1, 0.15) is 41.9 Å². The SMILES string of the molecule is CCCNC(c1cc(F)ccc1Cl)c1ccc(C)nc1C. The van der Waals surface area contributed by atoms with Gasteiger partial charge >= 0.3 is 0 Å². The maximum atomic E-state index is 13.6. The molecule has 1 heterocycles. The Morgan fingerprint density at radius 2 is 1.95 bits per heavy atom. The zero-order valence-electron chi connectivity index (χ0n) is 12.6. The largest absolute Gasteiger partial charge is 0.306 e. The minimum atomic E-state index is -0.282. The summed E-state index contributed by atoms with van der Waals surface area (Å²) in [6.07, 6.45) is 0.988. The van der Waals surface area contributed by atoms with Crippen molar-refractivity contribution in [1.82, 2.24) is 10.3 Å². The molecule has 1 N–H and O–H groups in total. The standard InChI is InChI=1S/C17H20ClFN2/c1-4-9-20-17(14-7-5-11(2)21-12(14)3)15-10-13(19)6-8-16(15)18/h5-8,10,17,20H,4,9H2,1-3H3. The van der Waals surface area contributed by atoms with E-state index in [0.29, 0.717) is 5.02 Å². The Morgan fingerprint density at radius 1 is 1.19 bits per heavy atom. The second-order valence-corrected chi connectivity index (χ2v) is 5.59. The highest BCUT2D eigenvalue weighted by Gasteiger charge is 2.19. The molecule has 2 rings (SSSR count). The Morgan fingerprint density at radius 3 is 2.62 bits per heavy atom. The number of aryl methyl sites for hydroxylation is 2. The molecule has 21 heavy (non-hydrogen) atoms. The number of nitrogens with zero attached hydrogens (tertiary/aromatic N) is 1. The predicted octanol–water partition coefficient (Wildman–Crippen LogP) is 4.58. The summed E-state index contributed by atoms with van der Waals surface area (Å²) in [5.41, 5.74) is 3.68. The van der Waals surface area contributed by atoms with Crippen LogP contribution in [-0.4, -0.2) is 11.5 Å². The summed E-state index contributed by atoms with van der Waals surface area (Å²) in [5.74, 6) is -0.282. The molecular weight excluding hydrogens is 287 g/mol. The smallest absolute Gasteiger partial charge is 0.123 e. The fourth-order valence-electron chi connectivity index (χ4n) is 2.41. The van der Waals surface area contributed by atoms with Gasteiger partial charge in [0, 0.05) is 16.4 Å². The lowest BCUT2D eigenvalue weighted by molar-refractivity contribution is 0.582. The van der Waals surface area contributed by atoms with Crippen LogP contribution in [0.15, 0.2) is 30.3 Å². The lowest BCUT2D eigenvalue weighted by Gasteiger charge is -2.22. The summed E-state index contributed by atoms with van der Waals surface area (Å²) in [7, 11) is 0. The van der Waals surface area contributed by atoms with Gasteiger partial charge in [-0.2, -0.15) is 0 Å². The first-order chi connectivity index (χ1) is 10.0. The maximum Gasteiger partial charge on any atom is 0.123 e. The average Bonchev–Trinajstić information content (AvgIpc) is 2.44. The molecule has 1 aromatic heterocycles. The predicted molar refractivity (Wildman–Crippen MR) is 85.3 cm³/mol. The molecule has 2 nitrogen and oxygen atoms in total. The van der Waals surface area contributed by atoms with Gasteiger partial charge < -0.3 is 5.32 Å². The third-order valence-corrected chi connectivity index (χ3v) is 3.79. The second kappa shape index (κ2) is 7.01. The summed E-state index contributed by atoms with van der Waals surface area (Å²) in [5, 5.41) is 4.00. The van der Waals surface area contributed by atoms with Crippen LogP contribution in [0, 0.1) is 19.7 Å². The molecule has 0 radical (unpaired) electrons. The highest BCUT2D eigenvalue weighted by Crippen LogP contribution is 2.30. The quantitative estimate of drug-likeness (QED) is 0.874. The van der Waals surface area contributed by atoms with Crippen LogP contribution in [0.4, 0.5) is 4.39 Å². The summed E-state index contributed by atoms with van der Waals surface area (Å²) >= 11 is 6.28. The third kappa shape index (κ3) is 3.80. The first-order valence-electron chi connectivity index (χ1n) is 7.15. The van der Waals surface area contributed by atoms with Crippen LogP contribution in [-0.2, 0) is 0 Å². The van der Waals surface area contributed by atoms with Crippen LogP contribution < -0.4 is 5.32 Å². The van der Waals surface area contributed by atoms with E-state index in [-0.39, 0.29) is 11.9 Å². The van der Waals surface area contributed by atoms with Crippen LogP contribution in [0.25, 0.3) is 0 Å². The molecule has 0 saturated heterocycles. The Kier molecular flexibility index (Phi) is 5.32. The molecule has 112 valence electrons. The number of rotatable bonds is 5. The molecule has 1 atom stereocenters. The van der Waals surface area contributed by atoms with Gasteiger partial charge in [-0.1, -0.05) is 24.6 Å². The van der Waals surface area contributed by atoms with Gasteiger partial charge in [0.1, 0.15) is 5.82 Å². The van der Waals surface area contributed by atoms with E-state index in [1.807, 2.05) is 26.0 Å². The van der Waals surface area contributed by atoms with Gasteiger partial charge in [-0.05, 0) is 62.2 Å². The summed E-state index contributed by atoms with van der Waals surface area (Å²) in [6.45, 7) is 6.85. The molecule has 0 aliphatic rings. The van der Waals surface area contributed by atoms with E-state index < -0.39 is 0 Å². The fraction of sp³-hybridized carbons (Fsp3) is 0.353. The monoisotopic (exact) mass is 306 g/mol. The average molecular weight is 307 g/mol. The van der Waals surface area contributed by atoms with Crippen molar-refractivity contribution in [3.8, 4) is 0 Å². The number of hydrogen-bond donors (Lipinski definition) is 1. The normalized spacial score (nSPS) is 12.4. The van der Waals surface area contributed by atoms with E-state index in [4.69, 9.17) is 11.6 Å². The van der Waals surface area contributed by atoms with Crippen molar-refractivity contribution in [2.75, 3.05) is 6.54 Å².